The van der Waals surface area contributed by atoms with Gasteiger partial charge in [0, 0.05) is 46.9 Å². The largest absolute Gasteiger partial charge is 0.330 e. The molecule has 3 aliphatic rings. The van der Waals surface area contributed by atoms with Crippen molar-refractivity contribution in [1.29, 1.82) is 0 Å². The van der Waals surface area contributed by atoms with E-state index in [9.17, 15) is 4.79 Å². The van der Waals surface area contributed by atoms with E-state index in [1.807, 2.05) is 16.6 Å². The topological polar surface area (TPSA) is 38.1 Å². The van der Waals surface area contributed by atoms with Crippen molar-refractivity contribution in [1.82, 2.24) is 14.7 Å². The van der Waals surface area contributed by atoms with Gasteiger partial charge in [0.1, 0.15) is 0 Å². The quantitative estimate of drug-likeness (QED) is 0.687. The minimum absolute atomic E-state index is 0.00766. The summed E-state index contributed by atoms with van der Waals surface area (Å²) in [5.41, 5.74) is 6.38. The molecule has 1 atom stereocenters. The standard InChI is InChI=1S/C24H25N3OS/c1-4-23(28)27-13-20(19-11-15(2)29-22(19)14-27)17-7-5-6-8-18(17)21-12-26(3)25-24(21)16-9-10-16/h4-8,11-12,16,18H,1,9-10,13-14H2,2-3H3/b20-17+. The Kier molecular flexibility index (Phi) is 4.43. The van der Waals surface area contributed by atoms with Gasteiger partial charge in [-0.15, -0.1) is 11.3 Å². The van der Waals surface area contributed by atoms with Crippen LogP contribution in [0.2, 0.25) is 0 Å². The number of thiophene rings is 1. The van der Waals surface area contributed by atoms with E-state index in [-0.39, 0.29) is 11.8 Å². The Balaban J connectivity index is 1.66. The molecule has 1 aliphatic heterocycles. The number of amides is 1. The number of aryl methyl sites for hydroxylation is 2. The van der Waals surface area contributed by atoms with E-state index >= 15 is 0 Å². The first-order valence-electron chi connectivity index (χ1n) is 10.2. The number of hydrogen-bond acceptors (Lipinski definition) is 3. The summed E-state index contributed by atoms with van der Waals surface area (Å²) in [7, 11) is 2.01. The van der Waals surface area contributed by atoms with Crippen LogP contribution >= 0.6 is 11.3 Å². The second-order valence-electron chi connectivity index (χ2n) is 8.17. The molecule has 2 aromatic rings. The fourth-order valence-corrected chi connectivity index (χ4v) is 5.59. The summed E-state index contributed by atoms with van der Waals surface area (Å²) in [6.45, 7) is 7.13. The fourth-order valence-electron chi connectivity index (χ4n) is 4.51. The number of allylic oxidation sites excluding steroid dienone is 5. The smallest absolute Gasteiger partial charge is 0.246 e. The van der Waals surface area contributed by atoms with Crippen LogP contribution in [-0.2, 0) is 18.4 Å². The first kappa shape index (κ1) is 18.4. The third kappa shape index (κ3) is 3.23. The molecular weight excluding hydrogens is 378 g/mol. The van der Waals surface area contributed by atoms with Crippen LogP contribution in [-0.4, -0.2) is 27.1 Å². The van der Waals surface area contributed by atoms with Crippen molar-refractivity contribution in [2.24, 2.45) is 7.05 Å². The predicted octanol–water partition coefficient (Wildman–Crippen LogP) is 4.86. The Bertz CT molecular complexity index is 1090. The Morgan fingerprint density at radius 3 is 2.90 bits per heavy atom. The Hall–Kier alpha value is -2.66. The van der Waals surface area contributed by atoms with Gasteiger partial charge in [0.25, 0.3) is 0 Å². The van der Waals surface area contributed by atoms with Crippen molar-refractivity contribution < 1.29 is 4.79 Å². The monoisotopic (exact) mass is 403 g/mol. The Morgan fingerprint density at radius 1 is 1.31 bits per heavy atom. The van der Waals surface area contributed by atoms with Gasteiger partial charge in [0.2, 0.25) is 5.91 Å². The van der Waals surface area contributed by atoms with E-state index in [1.165, 1.54) is 56.6 Å². The molecule has 1 amide bonds. The Labute approximate surface area is 175 Å². The number of carbonyl (C=O) groups excluding carboxylic acids is 1. The molecule has 1 fully saturated rings. The normalized spacial score (nSPS) is 23.4. The molecule has 5 heteroatoms. The minimum atomic E-state index is -0.00766. The maximum Gasteiger partial charge on any atom is 0.246 e. The van der Waals surface area contributed by atoms with Crippen molar-refractivity contribution in [3.8, 4) is 0 Å². The highest BCUT2D eigenvalue weighted by Crippen LogP contribution is 2.46. The summed E-state index contributed by atoms with van der Waals surface area (Å²) in [5.74, 6) is 0.763. The van der Waals surface area contributed by atoms with Crippen molar-refractivity contribution in [3.63, 3.8) is 0 Å². The maximum absolute atomic E-state index is 12.5. The van der Waals surface area contributed by atoms with Gasteiger partial charge >= 0.3 is 0 Å². The van der Waals surface area contributed by atoms with Gasteiger partial charge in [-0.2, -0.15) is 5.10 Å². The number of hydrogen-bond donors (Lipinski definition) is 0. The molecule has 148 valence electrons. The van der Waals surface area contributed by atoms with Gasteiger partial charge in [0.15, 0.2) is 0 Å². The van der Waals surface area contributed by atoms with Gasteiger partial charge in [0.05, 0.1) is 12.2 Å². The highest BCUT2D eigenvalue weighted by Gasteiger charge is 2.34. The van der Waals surface area contributed by atoms with Gasteiger partial charge in [-0.1, -0.05) is 30.9 Å². The molecule has 0 aromatic carbocycles. The molecule has 29 heavy (non-hydrogen) atoms. The van der Waals surface area contributed by atoms with Crippen LogP contribution in [0.1, 0.15) is 51.3 Å². The van der Waals surface area contributed by atoms with Crippen LogP contribution in [0.4, 0.5) is 0 Å². The molecule has 0 radical (unpaired) electrons. The van der Waals surface area contributed by atoms with Crippen LogP contribution in [0.25, 0.3) is 5.57 Å². The number of carbonyl (C=O) groups is 1. The molecule has 0 saturated heterocycles. The van der Waals surface area contributed by atoms with Crippen LogP contribution in [0.15, 0.2) is 54.8 Å². The molecule has 1 saturated carbocycles. The van der Waals surface area contributed by atoms with E-state index in [4.69, 9.17) is 5.10 Å². The van der Waals surface area contributed by atoms with Gasteiger partial charge < -0.3 is 4.90 Å². The summed E-state index contributed by atoms with van der Waals surface area (Å²) in [4.78, 5) is 16.9. The van der Waals surface area contributed by atoms with Crippen molar-refractivity contribution in [2.45, 2.75) is 38.1 Å². The maximum atomic E-state index is 12.5. The average molecular weight is 404 g/mol. The number of nitrogens with zero attached hydrogens (tertiary/aromatic N) is 3. The molecule has 0 bridgehead atoms. The summed E-state index contributed by atoms with van der Waals surface area (Å²) in [6.07, 6.45) is 14.8. The summed E-state index contributed by atoms with van der Waals surface area (Å²) in [5, 5.41) is 4.79. The third-order valence-electron chi connectivity index (χ3n) is 5.99. The van der Waals surface area contributed by atoms with Crippen LogP contribution in [0, 0.1) is 6.92 Å². The molecule has 5 rings (SSSR count). The lowest BCUT2D eigenvalue weighted by molar-refractivity contribution is -0.126. The molecule has 0 spiro atoms. The molecule has 3 heterocycles. The average Bonchev–Trinajstić information content (AvgIpc) is 3.39. The highest BCUT2D eigenvalue weighted by molar-refractivity contribution is 7.12. The van der Waals surface area contributed by atoms with Crippen molar-refractivity contribution >= 4 is 22.8 Å². The van der Waals surface area contributed by atoms with Crippen LogP contribution in [0.5, 0.6) is 0 Å². The second-order valence-corrected chi connectivity index (χ2v) is 9.51. The minimum Gasteiger partial charge on any atom is -0.330 e. The second kappa shape index (κ2) is 6.99. The SMILES string of the molecule is C=CC(=O)N1C/C(=C2/C=CC=CC2c2cn(C)nc2C2CC2)c2cc(C)sc2C1. The van der Waals surface area contributed by atoms with E-state index in [0.717, 1.165) is 0 Å². The molecule has 0 N–H and O–H groups in total. The predicted molar refractivity (Wildman–Crippen MR) is 118 cm³/mol. The van der Waals surface area contributed by atoms with Gasteiger partial charge in [-0.05, 0) is 48.6 Å². The molecule has 2 aliphatic carbocycles. The Morgan fingerprint density at radius 2 is 2.14 bits per heavy atom. The van der Waals surface area contributed by atoms with Gasteiger partial charge in [-0.25, -0.2) is 0 Å². The van der Waals surface area contributed by atoms with E-state index in [0.29, 0.717) is 19.0 Å². The lowest BCUT2D eigenvalue weighted by atomic mass is 9.82. The number of fused-ring (bicyclic) bond motifs is 1. The lowest BCUT2D eigenvalue weighted by Crippen LogP contribution is -2.34. The van der Waals surface area contributed by atoms with Crippen LogP contribution < -0.4 is 0 Å². The van der Waals surface area contributed by atoms with Crippen molar-refractivity contribution in [3.05, 3.63) is 81.4 Å². The third-order valence-corrected chi connectivity index (χ3v) is 7.02. The fraction of sp³-hybridized carbons (Fsp3) is 0.333. The van der Waals surface area contributed by atoms with Crippen molar-refractivity contribution in [2.75, 3.05) is 6.54 Å². The summed E-state index contributed by atoms with van der Waals surface area (Å²) in [6, 6.07) is 2.28. The van der Waals surface area contributed by atoms with E-state index in [2.05, 4.69) is 50.1 Å². The zero-order valence-corrected chi connectivity index (χ0v) is 17.7. The summed E-state index contributed by atoms with van der Waals surface area (Å²) < 4.78 is 1.95. The zero-order chi connectivity index (χ0) is 20.1. The number of aromatic nitrogens is 2. The number of rotatable bonds is 3. The first-order valence-corrected chi connectivity index (χ1v) is 11.0. The zero-order valence-electron chi connectivity index (χ0n) is 16.9. The highest BCUT2D eigenvalue weighted by atomic mass is 32.1. The van der Waals surface area contributed by atoms with Gasteiger partial charge in [-0.3, -0.25) is 9.48 Å². The van der Waals surface area contributed by atoms with Crippen LogP contribution in [0.3, 0.4) is 0 Å². The molecular formula is C24H25N3OS. The molecule has 2 aromatic heterocycles. The molecule has 4 nitrogen and oxygen atoms in total. The van der Waals surface area contributed by atoms with E-state index < -0.39 is 0 Å². The summed E-state index contributed by atoms with van der Waals surface area (Å²) >= 11 is 1.79. The lowest BCUT2D eigenvalue weighted by Gasteiger charge is -2.31. The molecule has 1 unspecified atom stereocenters. The first-order chi connectivity index (χ1) is 14.0. The van der Waals surface area contributed by atoms with E-state index in [1.54, 1.807) is 11.3 Å².